The van der Waals surface area contributed by atoms with E-state index >= 15 is 0 Å². The van der Waals surface area contributed by atoms with Crippen molar-refractivity contribution in [1.29, 1.82) is 0 Å². The predicted molar refractivity (Wildman–Crippen MR) is 105 cm³/mol. The highest BCUT2D eigenvalue weighted by molar-refractivity contribution is 5.89. The Morgan fingerprint density at radius 1 is 1.19 bits per heavy atom. The Labute approximate surface area is 157 Å². The van der Waals surface area contributed by atoms with Crippen LogP contribution in [-0.4, -0.2) is 31.5 Å². The second-order valence-corrected chi connectivity index (χ2v) is 6.64. The lowest BCUT2D eigenvalue weighted by Gasteiger charge is -2.13. The van der Waals surface area contributed by atoms with Crippen LogP contribution in [0.3, 0.4) is 0 Å². The second kappa shape index (κ2) is 7.06. The molecule has 1 aliphatic rings. The Hall–Kier alpha value is -3.42. The Bertz CT molecular complexity index is 978. The lowest BCUT2D eigenvalue weighted by atomic mass is 10.2. The van der Waals surface area contributed by atoms with Crippen LogP contribution in [0.1, 0.15) is 25.3 Å². The topological polar surface area (TPSA) is 96.8 Å². The molecule has 8 nitrogen and oxygen atoms in total. The van der Waals surface area contributed by atoms with E-state index in [0.717, 1.165) is 28.6 Å². The smallest absolute Gasteiger partial charge is 0.221 e. The van der Waals surface area contributed by atoms with Crippen molar-refractivity contribution in [1.82, 2.24) is 19.5 Å². The van der Waals surface area contributed by atoms with Crippen molar-refractivity contribution in [3.05, 3.63) is 48.5 Å². The van der Waals surface area contributed by atoms with Gasteiger partial charge in [0.05, 0.1) is 0 Å². The molecule has 0 bridgehead atoms. The van der Waals surface area contributed by atoms with Crippen LogP contribution in [0.25, 0.3) is 5.82 Å². The normalized spacial score (nSPS) is 13.3. The summed E-state index contributed by atoms with van der Waals surface area (Å²) >= 11 is 0. The summed E-state index contributed by atoms with van der Waals surface area (Å²) in [5.41, 5.74) is 2.63. The largest absolute Gasteiger partial charge is 0.367 e. The highest BCUT2D eigenvalue weighted by atomic mass is 16.1. The van der Waals surface area contributed by atoms with Crippen LogP contribution in [0, 0.1) is 6.92 Å². The number of rotatable bonds is 6. The Morgan fingerprint density at radius 3 is 2.81 bits per heavy atom. The van der Waals surface area contributed by atoms with E-state index in [1.54, 1.807) is 12.5 Å². The summed E-state index contributed by atoms with van der Waals surface area (Å²) < 4.78 is 1.87. The number of hydrogen-bond acceptors (Lipinski definition) is 6. The van der Waals surface area contributed by atoms with Crippen LogP contribution < -0.4 is 16.0 Å². The maximum absolute atomic E-state index is 11.3. The van der Waals surface area contributed by atoms with Crippen LogP contribution >= 0.6 is 0 Å². The molecule has 27 heavy (non-hydrogen) atoms. The number of carbonyl (C=O) groups is 1. The molecule has 0 aliphatic heterocycles. The molecule has 1 aliphatic carbocycles. The Balaban J connectivity index is 1.60. The van der Waals surface area contributed by atoms with Gasteiger partial charge in [-0.3, -0.25) is 9.36 Å². The number of imidazole rings is 1. The van der Waals surface area contributed by atoms with Crippen LogP contribution in [-0.2, 0) is 4.79 Å². The highest BCUT2D eigenvalue weighted by Crippen LogP contribution is 2.26. The number of aryl methyl sites for hydroxylation is 1. The Morgan fingerprint density at radius 2 is 2.04 bits per heavy atom. The van der Waals surface area contributed by atoms with E-state index in [2.05, 4.69) is 30.9 Å². The first kappa shape index (κ1) is 17.0. The SMILES string of the molecule is CC(=O)Nc1ccc(C)c(Nc2nccn2-c2cc(NC3CC3)ncn2)c1. The molecule has 4 rings (SSSR count). The third-order valence-electron chi connectivity index (χ3n) is 4.27. The van der Waals surface area contributed by atoms with Gasteiger partial charge in [0.1, 0.15) is 18.0 Å². The van der Waals surface area contributed by atoms with Crippen LogP contribution in [0.15, 0.2) is 43.0 Å². The first-order chi connectivity index (χ1) is 13.1. The third kappa shape index (κ3) is 4.05. The molecule has 1 aromatic carbocycles. The lowest BCUT2D eigenvalue weighted by molar-refractivity contribution is -0.114. The molecular formula is C19H21N7O. The molecule has 0 spiro atoms. The molecule has 2 aromatic heterocycles. The fraction of sp³-hybridized carbons (Fsp3) is 0.263. The molecule has 0 radical (unpaired) electrons. The van der Waals surface area contributed by atoms with Gasteiger partial charge in [-0.2, -0.15) is 0 Å². The van der Waals surface area contributed by atoms with Crippen molar-refractivity contribution in [3.8, 4) is 5.82 Å². The van der Waals surface area contributed by atoms with Crippen molar-refractivity contribution in [2.45, 2.75) is 32.7 Å². The van der Waals surface area contributed by atoms with Gasteiger partial charge in [0.15, 0.2) is 0 Å². The fourth-order valence-corrected chi connectivity index (χ4v) is 2.73. The summed E-state index contributed by atoms with van der Waals surface area (Å²) in [7, 11) is 0. The average Bonchev–Trinajstić information content (AvgIpc) is 3.32. The van der Waals surface area contributed by atoms with Crippen LogP contribution in [0.2, 0.25) is 0 Å². The van der Waals surface area contributed by atoms with Crippen molar-refractivity contribution in [2.75, 3.05) is 16.0 Å². The predicted octanol–water partition coefficient (Wildman–Crippen LogP) is 3.25. The molecule has 3 N–H and O–H groups in total. The summed E-state index contributed by atoms with van der Waals surface area (Å²) in [6.07, 6.45) is 7.47. The molecule has 3 aromatic rings. The van der Waals surface area contributed by atoms with Crippen LogP contribution in [0.4, 0.5) is 23.1 Å². The van der Waals surface area contributed by atoms with E-state index in [1.807, 2.05) is 42.0 Å². The van der Waals surface area contributed by atoms with Gasteiger partial charge in [-0.25, -0.2) is 15.0 Å². The molecule has 138 valence electrons. The maximum atomic E-state index is 11.3. The first-order valence-corrected chi connectivity index (χ1v) is 8.86. The first-order valence-electron chi connectivity index (χ1n) is 8.86. The van der Waals surface area contributed by atoms with E-state index in [4.69, 9.17) is 0 Å². The highest BCUT2D eigenvalue weighted by Gasteiger charge is 2.21. The molecule has 1 saturated carbocycles. The molecule has 0 saturated heterocycles. The number of benzene rings is 1. The zero-order chi connectivity index (χ0) is 18.8. The van der Waals surface area contributed by atoms with Crippen molar-refractivity contribution >= 4 is 29.0 Å². The second-order valence-electron chi connectivity index (χ2n) is 6.64. The number of nitrogens with zero attached hydrogens (tertiary/aromatic N) is 4. The summed E-state index contributed by atoms with van der Waals surface area (Å²) in [5.74, 6) is 2.06. The number of nitrogens with one attached hydrogen (secondary N) is 3. The van der Waals surface area contributed by atoms with E-state index in [9.17, 15) is 4.79 Å². The molecule has 0 unspecified atom stereocenters. The molecule has 0 atom stereocenters. The summed E-state index contributed by atoms with van der Waals surface area (Å²) in [6, 6.07) is 8.13. The monoisotopic (exact) mass is 363 g/mol. The molecule has 1 fully saturated rings. The van der Waals surface area contributed by atoms with Crippen molar-refractivity contribution in [3.63, 3.8) is 0 Å². The third-order valence-corrected chi connectivity index (χ3v) is 4.27. The number of aromatic nitrogens is 4. The fourth-order valence-electron chi connectivity index (χ4n) is 2.73. The number of carbonyl (C=O) groups excluding carboxylic acids is 1. The summed E-state index contributed by atoms with van der Waals surface area (Å²) in [5, 5.41) is 9.50. The van der Waals surface area contributed by atoms with Gasteiger partial charge in [0, 0.05) is 42.8 Å². The Kier molecular flexibility index (Phi) is 4.45. The maximum Gasteiger partial charge on any atom is 0.221 e. The van der Waals surface area contributed by atoms with E-state index < -0.39 is 0 Å². The summed E-state index contributed by atoms with van der Waals surface area (Å²) in [6.45, 7) is 3.48. The minimum Gasteiger partial charge on any atom is -0.367 e. The van der Waals surface area contributed by atoms with Gasteiger partial charge < -0.3 is 16.0 Å². The van der Waals surface area contributed by atoms with Gasteiger partial charge in [-0.05, 0) is 37.5 Å². The zero-order valence-electron chi connectivity index (χ0n) is 15.2. The van der Waals surface area contributed by atoms with Crippen molar-refractivity contribution < 1.29 is 4.79 Å². The van der Waals surface area contributed by atoms with E-state index in [-0.39, 0.29) is 5.91 Å². The minimum absolute atomic E-state index is 0.108. The van der Waals surface area contributed by atoms with Crippen LogP contribution in [0.5, 0.6) is 0 Å². The van der Waals surface area contributed by atoms with Gasteiger partial charge in [-0.1, -0.05) is 6.07 Å². The van der Waals surface area contributed by atoms with Gasteiger partial charge in [0.25, 0.3) is 0 Å². The minimum atomic E-state index is -0.108. The number of hydrogen-bond donors (Lipinski definition) is 3. The van der Waals surface area contributed by atoms with E-state index in [1.165, 1.54) is 19.8 Å². The summed E-state index contributed by atoms with van der Waals surface area (Å²) in [4.78, 5) is 24.4. The molecule has 1 amide bonds. The zero-order valence-corrected chi connectivity index (χ0v) is 15.2. The molecule has 2 heterocycles. The van der Waals surface area contributed by atoms with Gasteiger partial charge >= 0.3 is 0 Å². The standard InChI is InChI=1S/C19H21N7O/c1-12-3-4-15(23-13(2)27)9-16(12)25-19-20-7-8-26(19)18-10-17(21-11-22-18)24-14-5-6-14/h3-4,7-11,14H,5-6H2,1-2H3,(H,20,25)(H,23,27)(H,21,22,24). The number of amides is 1. The van der Waals surface area contributed by atoms with Gasteiger partial charge in [-0.15, -0.1) is 0 Å². The molecule has 8 heteroatoms. The molecular weight excluding hydrogens is 342 g/mol. The van der Waals surface area contributed by atoms with E-state index in [0.29, 0.717) is 12.0 Å². The lowest BCUT2D eigenvalue weighted by Crippen LogP contribution is -2.08. The number of anilines is 4. The average molecular weight is 363 g/mol. The van der Waals surface area contributed by atoms with Gasteiger partial charge in [0.2, 0.25) is 11.9 Å². The quantitative estimate of drug-likeness (QED) is 0.622. The van der Waals surface area contributed by atoms with Crippen molar-refractivity contribution in [2.24, 2.45) is 0 Å².